The van der Waals surface area contributed by atoms with Gasteiger partial charge in [0.1, 0.15) is 17.8 Å². The molecule has 1 N–H and O–H groups in total. The van der Waals surface area contributed by atoms with Crippen molar-refractivity contribution in [2.75, 3.05) is 0 Å². The van der Waals surface area contributed by atoms with E-state index in [4.69, 9.17) is 18.9 Å². The average Bonchev–Trinajstić information content (AvgIpc) is 2.82. The SMILES string of the molecule is C=C1C[C@H]2[C@@](C)([C@@H]3C(=O)O[C@@H](C)C(=O)[C@@]13C)[C@@H](OC(C)=O)[C@@H](O)[C@H]1C(C)(C)OC(=O)C[C@@H](OC(C)=O)[C@@]21C. The Hall–Kier alpha value is -2.75. The van der Waals surface area contributed by atoms with Crippen LogP contribution < -0.4 is 0 Å². The first-order valence-electron chi connectivity index (χ1n) is 13.0. The van der Waals surface area contributed by atoms with Gasteiger partial charge in [-0.25, -0.2) is 0 Å². The number of allylic oxidation sites excluding steroid dienone is 1. The summed E-state index contributed by atoms with van der Waals surface area (Å²) in [6.07, 6.45) is -4.86. The molecule has 0 aromatic rings. The summed E-state index contributed by atoms with van der Waals surface area (Å²) in [5, 5.41) is 12.1. The van der Waals surface area contributed by atoms with Gasteiger partial charge in [-0.3, -0.25) is 24.0 Å². The molecule has 10 nitrogen and oxygen atoms in total. The summed E-state index contributed by atoms with van der Waals surface area (Å²) in [6, 6.07) is 0. The maximum Gasteiger partial charge on any atom is 0.311 e. The molecule has 0 spiro atoms. The fraction of sp³-hybridized carbons (Fsp3) is 0.750. The lowest BCUT2D eigenvalue weighted by Gasteiger charge is -2.69. The number of ether oxygens (including phenoxy) is 4. The number of rotatable bonds is 2. The summed E-state index contributed by atoms with van der Waals surface area (Å²) >= 11 is 0. The van der Waals surface area contributed by atoms with E-state index in [-0.39, 0.29) is 18.6 Å². The van der Waals surface area contributed by atoms with Crippen molar-refractivity contribution in [1.29, 1.82) is 0 Å². The molecule has 2 aliphatic heterocycles. The number of ketones is 1. The fourth-order valence-corrected chi connectivity index (χ4v) is 8.71. The number of cyclic esters (lactones) is 2. The maximum atomic E-state index is 13.7. The van der Waals surface area contributed by atoms with Crippen LogP contribution >= 0.6 is 0 Å². The van der Waals surface area contributed by atoms with Crippen molar-refractivity contribution < 1.29 is 48.0 Å². The van der Waals surface area contributed by atoms with Gasteiger partial charge in [-0.1, -0.05) is 26.0 Å². The molecule has 0 bridgehead atoms. The Morgan fingerprint density at radius 3 is 2.11 bits per heavy atom. The molecule has 4 rings (SSSR count). The lowest BCUT2D eigenvalue weighted by atomic mass is 9.36. The third-order valence-corrected chi connectivity index (χ3v) is 10.0. The number of esters is 4. The van der Waals surface area contributed by atoms with Crippen molar-refractivity contribution in [3.63, 3.8) is 0 Å². The zero-order valence-corrected chi connectivity index (χ0v) is 23.3. The first-order chi connectivity index (χ1) is 17.3. The topological polar surface area (TPSA) is 143 Å². The van der Waals surface area contributed by atoms with Gasteiger partial charge in [0.2, 0.25) is 0 Å². The van der Waals surface area contributed by atoms with Crippen LogP contribution in [0.25, 0.3) is 0 Å². The van der Waals surface area contributed by atoms with E-state index in [1.54, 1.807) is 34.6 Å². The Kier molecular flexibility index (Phi) is 6.42. The number of fused-ring (bicyclic) bond motifs is 5. The van der Waals surface area contributed by atoms with E-state index >= 15 is 0 Å². The minimum atomic E-state index is -1.46. The second-order valence-electron chi connectivity index (χ2n) is 12.5. The number of Topliss-reactive ketones (excluding diaryl/α,β-unsaturated/α-hetero) is 1. The van der Waals surface area contributed by atoms with Crippen LogP contribution in [0.5, 0.6) is 0 Å². The molecule has 10 atom stereocenters. The Balaban J connectivity index is 2.06. The molecule has 0 unspecified atom stereocenters. The molecule has 4 fully saturated rings. The predicted molar refractivity (Wildman–Crippen MR) is 131 cm³/mol. The lowest BCUT2D eigenvalue weighted by molar-refractivity contribution is -0.289. The predicted octanol–water partition coefficient (Wildman–Crippen LogP) is 2.29. The van der Waals surface area contributed by atoms with Gasteiger partial charge in [0.15, 0.2) is 11.9 Å². The molecule has 10 heteroatoms. The van der Waals surface area contributed by atoms with Crippen molar-refractivity contribution in [2.24, 2.45) is 34.0 Å². The summed E-state index contributed by atoms with van der Waals surface area (Å²) in [6.45, 7) is 16.7. The highest BCUT2D eigenvalue weighted by Crippen LogP contribution is 2.71. The molecular formula is C28H38O10. The maximum absolute atomic E-state index is 13.7. The Morgan fingerprint density at radius 2 is 1.55 bits per heavy atom. The minimum absolute atomic E-state index is 0.189. The van der Waals surface area contributed by atoms with Crippen LogP contribution in [-0.2, 0) is 42.9 Å². The Bertz CT molecular complexity index is 1120. The van der Waals surface area contributed by atoms with E-state index in [1.165, 1.54) is 20.8 Å². The molecule has 0 radical (unpaired) electrons. The van der Waals surface area contributed by atoms with Gasteiger partial charge in [-0.2, -0.15) is 0 Å². The third kappa shape index (κ3) is 3.58. The van der Waals surface area contributed by atoms with Crippen molar-refractivity contribution in [3.05, 3.63) is 12.2 Å². The molecule has 0 aromatic carbocycles. The largest absolute Gasteiger partial charge is 0.461 e. The van der Waals surface area contributed by atoms with Gasteiger partial charge >= 0.3 is 23.9 Å². The summed E-state index contributed by atoms with van der Waals surface area (Å²) in [5.74, 6) is -5.62. The standard InChI is InChI=1S/C28H38O10/c1-12-10-16-27(8)17(36-14(3)29)11-18(31)38-25(5,6)20(27)19(32)23(37-15(4)30)28(16,9)21-24(34)35-13(2)22(33)26(12,21)7/h13,16-17,19-21,23,32H,1,10-11H2,2-9H3/t13-,16+,17+,19-,20-,21+,23-,26-,27+,28-/m0/s1. The highest BCUT2D eigenvalue weighted by atomic mass is 16.6. The van der Waals surface area contributed by atoms with Crippen molar-refractivity contribution >= 4 is 29.7 Å². The van der Waals surface area contributed by atoms with Crippen molar-refractivity contribution in [2.45, 2.75) is 98.2 Å². The molecule has 2 heterocycles. The van der Waals surface area contributed by atoms with E-state index in [0.717, 1.165) is 0 Å². The number of aliphatic hydroxyl groups is 1. The van der Waals surface area contributed by atoms with E-state index in [1.807, 2.05) is 0 Å². The first-order valence-corrected chi connectivity index (χ1v) is 13.0. The second-order valence-corrected chi connectivity index (χ2v) is 12.5. The lowest BCUT2D eigenvalue weighted by Crippen LogP contribution is -2.76. The van der Waals surface area contributed by atoms with E-state index in [0.29, 0.717) is 5.57 Å². The van der Waals surface area contributed by atoms with E-state index < -0.39 is 87.9 Å². The Morgan fingerprint density at radius 1 is 0.974 bits per heavy atom. The monoisotopic (exact) mass is 534 g/mol. The number of hydrogen-bond donors (Lipinski definition) is 1. The number of carbonyl (C=O) groups is 5. The van der Waals surface area contributed by atoms with Crippen LogP contribution in [0.1, 0.15) is 68.2 Å². The van der Waals surface area contributed by atoms with Crippen LogP contribution in [0.3, 0.4) is 0 Å². The van der Waals surface area contributed by atoms with Gasteiger partial charge in [0, 0.05) is 30.6 Å². The molecule has 2 saturated heterocycles. The van der Waals surface area contributed by atoms with Gasteiger partial charge in [0.05, 0.1) is 23.9 Å². The fourth-order valence-electron chi connectivity index (χ4n) is 8.71. The molecule has 2 saturated carbocycles. The third-order valence-electron chi connectivity index (χ3n) is 10.0. The summed E-state index contributed by atoms with van der Waals surface area (Å²) < 4.78 is 22.9. The molecule has 38 heavy (non-hydrogen) atoms. The molecule has 2 aliphatic carbocycles. The smallest absolute Gasteiger partial charge is 0.311 e. The van der Waals surface area contributed by atoms with Crippen LogP contribution in [0.4, 0.5) is 0 Å². The first kappa shape index (κ1) is 28.3. The summed E-state index contributed by atoms with van der Waals surface area (Å²) in [4.78, 5) is 64.9. The number of hydrogen-bond acceptors (Lipinski definition) is 10. The number of aliphatic hydroxyl groups excluding tert-OH is 1. The highest BCUT2D eigenvalue weighted by molar-refractivity contribution is 6.00. The zero-order chi connectivity index (χ0) is 28.7. The van der Waals surface area contributed by atoms with Gasteiger partial charge in [-0.15, -0.1) is 0 Å². The second kappa shape index (κ2) is 8.63. The van der Waals surface area contributed by atoms with Crippen LogP contribution in [0.2, 0.25) is 0 Å². The summed E-state index contributed by atoms with van der Waals surface area (Å²) in [7, 11) is 0. The normalized spacial score (nSPS) is 45.9. The summed E-state index contributed by atoms with van der Waals surface area (Å²) in [5.41, 5.74) is -4.69. The van der Waals surface area contributed by atoms with Gasteiger partial charge in [0.25, 0.3) is 0 Å². The molecule has 0 amide bonds. The van der Waals surface area contributed by atoms with Crippen molar-refractivity contribution in [3.8, 4) is 0 Å². The van der Waals surface area contributed by atoms with Gasteiger partial charge < -0.3 is 24.1 Å². The van der Waals surface area contributed by atoms with Crippen molar-refractivity contribution in [1.82, 2.24) is 0 Å². The van der Waals surface area contributed by atoms with Gasteiger partial charge in [-0.05, 0) is 40.0 Å². The molecule has 210 valence electrons. The van der Waals surface area contributed by atoms with E-state index in [2.05, 4.69) is 6.58 Å². The zero-order valence-electron chi connectivity index (χ0n) is 23.3. The Labute approximate surface area is 222 Å². The minimum Gasteiger partial charge on any atom is -0.461 e. The molecule has 4 aliphatic rings. The molecular weight excluding hydrogens is 496 g/mol. The van der Waals surface area contributed by atoms with E-state index in [9.17, 15) is 29.1 Å². The molecule has 0 aromatic heterocycles. The number of carbonyl (C=O) groups excluding carboxylic acids is 5. The van der Waals surface area contributed by atoms with Crippen LogP contribution in [0, 0.1) is 34.0 Å². The highest BCUT2D eigenvalue weighted by Gasteiger charge is 2.78. The average molecular weight is 535 g/mol. The van der Waals surface area contributed by atoms with Crippen LogP contribution in [0.15, 0.2) is 12.2 Å². The van der Waals surface area contributed by atoms with Crippen LogP contribution in [-0.4, -0.2) is 64.8 Å². The quantitative estimate of drug-likeness (QED) is 0.318.